The monoisotopic (exact) mass is 328 g/mol. The van der Waals surface area contributed by atoms with Gasteiger partial charge >= 0.3 is 0 Å². The van der Waals surface area contributed by atoms with Gasteiger partial charge in [-0.15, -0.1) is 0 Å². The van der Waals surface area contributed by atoms with Gasteiger partial charge in [0.05, 0.1) is 0 Å². The van der Waals surface area contributed by atoms with Crippen LogP contribution in [0.2, 0.25) is 0 Å². The summed E-state index contributed by atoms with van der Waals surface area (Å²) >= 11 is 5.45. The summed E-state index contributed by atoms with van der Waals surface area (Å²) in [5, 5.41) is 3.08. The molecule has 5 heteroatoms. The normalized spacial score (nSPS) is 23.3. The SMILES string of the molecule is O=C(NCC1CCSC1)c1cc(Br)cn1C1CC1. The Balaban J connectivity index is 1.64. The summed E-state index contributed by atoms with van der Waals surface area (Å²) in [5.74, 6) is 3.16. The van der Waals surface area contributed by atoms with Crippen molar-refractivity contribution in [2.24, 2.45) is 5.92 Å². The minimum Gasteiger partial charge on any atom is -0.350 e. The van der Waals surface area contributed by atoms with E-state index < -0.39 is 0 Å². The second kappa shape index (κ2) is 5.29. The molecule has 98 valence electrons. The third kappa shape index (κ3) is 2.77. The Kier molecular flexibility index (Phi) is 3.71. The highest BCUT2D eigenvalue weighted by atomic mass is 79.9. The van der Waals surface area contributed by atoms with Crippen LogP contribution in [0, 0.1) is 5.92 Å². The summed E-state index contributed by atoms with van der Waals surface area (Å²) in [5.41, 5.74) is 0.801. The van der Waals surface area contributed by atoms with E-state index in [4.69, 9.17) is 0 Å². The summed E-state index contributed by atoms with van der Waals surface area (Å²) in [6.45, 7) is 0.819. The van der Waals surface area contributed by atoms with Gasteiger partial charge in [0.2, 0.25) is 0 Å². The predicted molar refractivity (Wildman–Crippen MR) is 78.2 cm³/mol. The number of halogens is 1. The average molecular weight is 329 g/mol. The van der Waals surface area contributed by atoms with Crippen LogP contribution in [0.15, 0.2) is 16.7 Å². The van der Waals surface area contributed by atoms with E-state index >= 15 is 0 Å². The van der Waals surface area contributed by atoms with Crippen LogP contribution < -0.4 is 5.32 Å². The van der Waals surface area contributed by atoms with Crippen LogP contribution in [0.25, 0.3) is 0 Å². The van der Waals surface area contributed by atoms with Gasteiger partial charge in [-0.1, -0.05) is 0 Å². The zero-order valence-electron chi connectivity index (χ0n) is 10.2. The molecule has 2 heterocycles. The minimum atomic E-state index is 0.0736. The van der Waals surface area contributed by atoms with Crippen molar-refractivity contribution in [1.29, 1.82) is 0 Å². The van der Waals surface area contributed by atoms with Crippen LogP contribution in [0.3, 0.4) is 0 Å². The number of nitrogens with zero attached hydrogens (tertiary/aromatic N) is 1. The van der Waals surface area contributed by atoms with E-state index in [2.05, 4.69) is 25.8 Å². The molecule has 1 saturated heterocycles. The second-order valence-electron chi connectivity index (χ2n) is 5.12. The molecule has 0 aromatic carbocycles. The van der Waals surface area contributed by atoms with Crippen molar-refractivity contribution in [3.63, 3.8) is 0 Å². The van der Waals surface area contributed by atoms with Crippen LogP contribution in [-0.2, 0) is 0 Å². The molecule has 1 amide bonds. The van der Waals surface area contributed by atoms with Gasteiger partial charge in [0.25, 0.3) is 5.91 Å². The summed E-state index contributed by atoms with van der Waals surface area (Å²) in [7, 11) is 0. The molecular formula is C13H17BrN2OS. The first kappa shape index (κ1) is 12.6. The lowest BCUT2D eigenvalue weighted by molar-refractivity contribution is 0.0939. The molecule has 1 aliphatic heterocycles. The highest BCUT2D eigenvalue weighted by Crippen LogP contribution is 2.37. The van der Waals surface area contributed by atoms with Crippen molar-refractivity contribution in [3.8, 4) is 0 Å². The van der Waals surface area contributed by atoms with Crippen molar-refractivity contribution >= 4 is 33.6 Å². The Morgan fingerprint density at radius 1 is 1.50 bits per heavy atom. The number of aromatic nitrogens is 1. The van der Waals surface area contributed by atoms with Crippen molar-refractivity contribution < 1.29 is 4.79 Å². The number of carbonyl (C=O) groups is 1. The number of amides is 1. The maximum atomic E-state index is 12.2. The second-order valence-corrected chi connectivity index (χ2v) is 7.19. The first-order valence-electron chi connectivity index (χ1n) is 6.47. The standard InChI is InChI=1S/C13H17BrN2OS/c14-10-5-12(16(7-10)11-1-2-11)13(17)15-6-9-3-4-18-8-9/h5,7,9,11H,1-4,6,8H2,(H,15,17). The molecule has 0 spiro atoms. The number of hydrogen-bond donors (Lipinski definition) is 1. The first-order chi connectivity index (χ1) is 8.74. The summed E-state index contributed by atoms with van der Waals surface area (Å²) in [6.07, 6.45) is 5.65. The molecule has 1 N–H and O–H groups in total. The number of carbonyl (C=O) groups excluding carboxylic acids is 1. The van der Waals surface area contributed by atoms with E-state index in [1.54, 1.807) is 0 Å². The Labute approximate surface area is 120 Å². The van der Waals surface area contributed by atoms with Gasteiger partial charge in [-0.3, -0.25) is 4.79 Å². The summed E-state index contributed by atoms with van der Waals surface area (Å²) in [6, 6.07) is 2.47. The zero-order valence-corrected chi connectivity index (χ0v) is 12.6. The average Bonchev–Trinajstić information content (AvgIpc) is 2.92. The Morgan fingerprint density at radius 2 is 2.33 bits per heavy atom. The van der Waals surface area contributed by atoms with E-state index in [1.165, 1.54) is 30.8 Å². The maximum absolute atomic E-state index is 12.2. The quantitative estimate of drug-likeness (QED) is 0.921. The highest BCUT2D eigenvalue weighted by Gasteiger charge is 2.28. The lowest BCUT2D eigenvalue weighted by atomic mass is 10.1. The van der Waals surface area contributed by atoms with E-state index in [9.17, 15) is 4.79 Å². The molecule has 3 rings (SSSR count). The van der Waals surface area contributed by atoms with Crippen molar-refractivity contribution in [2.75, 3.05) is 18.1 Å². The molecule has 3 nitrogen and oxygen atoms in total. The molecule has 2 aliphatic rings. The molecule has 1 saturated carbocycles. The van der Waals surface area contributed by atoms with Gasteiger partial charge in [-0.25, -0.2) is 0 Å². The zero-order chi connectivity index (χ0) is 12.5. The van der Waals surface area contributed by atoms with E-state index in [-0.39, 0.29) is 5.91 Å². The fourth-order valence-corrected chi connectivity index (χ4v) is 4.08. The van der Waals surface area contributed by atoms with Gasteiger partial charge in [-0.05, 0) is 58.7 Å². The molecule has 1 aromatic rings. The molecular weight excluding hydrogens is 312 g/mol. The minimum absolute atomic E-state index is 0.0736. The van der Waals surface area contributed by atoms with Crippen LogP contribution in [-0.4, -0.2) is 28.5 Å². The molecule has 2 fully saturated rings. The van der Waals surface area contributed by atoms with Crippen molar-refractivity contribution in [3.05, 3.63) is 22.4 Å². The molecule has 18 heavy (non-hydrogen) atoms. The molecule has 0 radical (unpaired) electrons. The highest BCUT2D eigenvalue weighted by molar-refractivity contribution is 9.10. The van der Waals surface area contributed by atoms with Crippen LogP contribution in [0.5, 0.6) is 0 Å². The van der Waals surface area contributed by atoms with Crippen LogP contribution in [0.4, 0.5) is 0 Å². The van der Waals surface area contributed by atoms with E-state index in [0.717, 1.165) is 16.7 Å². The number of nitrogens with one attached hydrogen (secondary N) is 1. The lowest BCUT2D eigenvalue weighted by Crippen LogP contribution is -2.30. The van der Waals surface area contributed by atoms with Crippen molar-refractivity contribution in [1.82, 2.24) is 9.88 Å². The van der Waals surface area contributed by atoms with Crippen LogP contribution >= 0.6 is 27.7 Å². The number of rotatable bonds is 4. The Morgan fingerprint density at radius 3 is 3.00 bits per heavy atom. The van der Waals surface area contributed by atoms with E-state index in [0.29, 0.717) is 12.0 Å². The first-order valence-corrected chi connectivity index (χ1v) is 8.42. The fraction of sp³-hybridized carbons (Fsp3) is 0.615. The molecule has 0 bridgehead atoms. The van der Waals surface area contributed by atoms with Gasteiger partial charge in [0.1, 0.15) is 5.69 Å². The van der Waals surface area contributed by atoms with Gasteiger partial charge in [0, 0.05) is 23.3 Å². The van der Waals surface area contributed by atoms with Crippen LogP contribution in [0.1, 0.15) is 35.8 Å². The lowest BCUT2D eigenvalue weighted by Gasteiger charge is -2.11. The van der Waals surface area contributed by atoms with Gasteiger partial charge in [0.15, 0.2) is 0 Å². The van der Waals surface area contributed by atoms with Gasteiger partial charge in [-0.2, -0.15) is 11.8 Å². The summed E-state index contributed by atoms with van der Waals surface area (Å²) < 4.78 is 3.11. The third-order valence-electron chi connectivity index (χ3n) is 3.56. The third-order valence-corrected chi connectivity index (χ3v) is 5.23. The fourth-order valence-electron chi connectivity index (χ4n) is 2.35. The molecule has 1 unspecified atom stereocenters. The summed E-state index contributed by atoms with van der Waals surface area (Å²) in [4.78, 5) is 12.2. The molecule has 1 aromatic heterocycles. The Hall–Kier alpha value is -0.420. The van der Waals surface area contributed by atoms with Gasteiger partial charge < -0.3 is 9.88 Å². The maximum Gasteiger partial charge on any atom is 0.267 e. The van der Waals surface area contributed by atoms with Crippen molar-refractivity contribution in [2.45, 2.75) is 25.3 Å². The predicted octanol–water partition coefficient (Wildman–Crippen LogP) is 3.07. The molecule has 1 aliphatic carbocycles. The number of thioether (sulfide) groups is 1. The smallest absolute Gasteiger partial charge is 0.267 e. The molecule has 1 atom stereocenters. The number of hydrogen-bond acceptors (Lipinski definition) is 2. The topological polar surface area (TPSA) is 34.0 Å². The Bertz CT molecular complexity index is 450. The van der Waals surface area contributed by atoms with E-state index in [1.807, 2.05) is 24.0 Å². The largest absolute Gasteiger partial charge is 0.350 e.